The molecule has 0 radical (unpaired) electrons. The van der Waals surface area contributed by atoms with Crippen molar-refractivity contribution in [3.05, 3.63) is 107 Å². The number of aromatic hydroxyl groups is 1. The van der Waals surface area contributed by atoms with Gasteiger partial charge in [-0.2, -0.15) is 0 Å². The zero-order valence-corrected chi connectivity index (χ0v) is 20.9. The number of aromatic nitrogens is 3. The van der Waals surface area contributed by atoms with Crippen LogP contribution in [0.15, 0.2) is 90.5 Å². The highest BCUT2D eigenvalue weighted by Gasteiger charge is 2.32. The second-order valence-electron chi connectivity index (χ2n) is 9.86. The minimum atomic E-state index is -0.459. The molecule has 0 aliphatic heterocycles. The minimum absolute atomic E-state index is 0.174. The van der Waals surface area contributed by atoms with E-state index in [1.807, 2.05) is 60.7 Å². The van der Waals surface area contributed by atoms with Crippen molar-refractivity contribution in [3.63, 3.8) is 0 Å². The summed E-state index contributed by atoms with van der Waals surface area (Å²) in [6.07, 6.45) is 11.0. The summed E-state index contributed by atoms with van der Waals surface area (Å²) in [5, 5.41) is 20.9. The molecule has 4 aromatic rings. The number of allylic oxidation sites excluding steroid dienone is 4. The Kier molecular flexibility index (Phi) is 6.37. The van der Waals surface area contributed by atoms with Gasteiger partial charge in [-0.15, -0.1) is 21.4 Å². The highest BCUT2D eigenvalue weighted by molar-refractivity contribution is 5.74. The van der Waals surface area contributed by atoms with Crippen LogP contribution in [0.25, 0.3) is 16.7 Å². The smallest absolute Gasteiger partial charge is 0.147 e. The van der Waals surface area contributed by atoms with Crippen LogP contribution < -0.4 is 0 Å². The fraction of sp³-hybridized carbons (Fsp3) is 0.226. The van der Waals surface area contributed by atoms with E-state index in [0.717, 1.165) is 33.3 Å². The molecule has 1 aromatic heterocycles. The molecule has 0 unspecified atom stereocenters. The molecule has 0 fully saturated rings. The van der Waals surface area contributed by atoms with Crippen LogP contribution in [0.1, 0.15) is 51.3 Å². The fourth-order valence-electron chi connectivity index (χ4n) is 4.27. The summed E-state index contributed by atoms with van der Waals surface area (Å²) in [5.41, 5.74) is 5.42. The Labute approximate surface area is 207 Å². The van der Waals surface area contributed by atoms with E-state index in [1.54, 1.807) is 10.9 Å². The van der Waals surface area contributed by atoms with E-state index in [9.17, 15) is 5.11 Å². The molecular weight excluding hydrogens is 430 g/mol. The van der Waals surface area contributed by atoms with Gasteiger partial charge in [-0.05, 0) is 42.3 Å². The summed E-state index contributed by atoms with van der Waals surface area (Å²) in [6, 6.07) is 22.0. The van der Waals surface area contributed by atoms with Crippen LogP contribution in [-0.4, -0.2) is 20.1 Å². The molecule has 3 aromatic carbocycles. The summed E-state index contributed by atoms with van der Waals surface area (Å²) in [5.74, 6) is 2.71. The average molecular weight is 462 g/mol. The molecule has 1 heterocycles. The van der Waals surface area contributed by atoms with Gasteiger partial charge in [0.15, 0.2) is 0 Å². The third-order valence-corrected chi connectivity index (χ3v) is 7.01. The van der Waals surface area contributed by atoms with E-state index < -0.39 is 5.41 Å². The first-order valence-electron chi connectivity index (χ1n) is 11.7. The summed E-state index contributed by atoms with van der Waals surface area (Å²) >= 11 is 0. The Bertz CT molecular complexity index is 1430. The van der Waals surface area contributed by atoms with Crippen LogP contribution in [0.5, 0.6) is 5.75 Å². The van der Waals surface area contributed by atoms with Crippen molar-refractivity contribution in [3.8, 4) is 23.8 Å². The van der Waals surface area contributed by atoms with Crippen molar-refractivity contribution < 1.29 is 5.11 Å². The molecule has 176 valence electrons. The van der Waals surface area contributed by atoms with Gasteiger partial charge >= 0.3 is 0 Å². The van der Waals surface area contributed by atoms with E-state index in [-0.39, 0.29) is 11.2 Å². The number of phenols is 1. The molecule has 0 bridgehead atoms. The molecule has 0 spiro atoms. The van der Waals surface area contributed by atoms with Gasteiger partial charge in [0, 0.05) is 16.4 Å². The van der Waals surface area contributed by atoms with Crippen molar-refractivity contribution in [2.75, 3.05) is 0 Å². The number of nitrogens with zero attached hydrogens (tertiary/aromatic N) is 3. The minimum Gasteiger partial charge on any atom is -0.505 e. The van der Waals surface area contributed by atoms with Crippen LogP contribution in [0, 0.1) is 12.3 Å². The molecule has 1 N–H and O–H groups in total. The van der Waals surface area contributed by atoms with Gasteiger partial charge < -0.3 is 5.11 Å². The summed E-state index contributed by atoms with van der Waals surface area (Å²) < 4.78 is 0. The second-order valence-corrected chi connectivity index (χ2v) is 9.86. The van der Waals surface area contributed by atoms with Crippen molar-refractivity contribution in [1.29, 1.82) is 0 Å². The Morgan fingerprint density at radius 1 is 0.914 bits per heavy atom. The van der Waals surface area contributed by atoms with Crippen LogP contribution >= 0.6 is 0 Å². The van der Waals surface area contributed by atoms with Crippen molar-refractivity contribution in [2.24, 2.45) is 0 Å². The van der Waals surface area contributed by atoms with E-state index in [4.69, 9.17) is 6.42 Å². The zero-order valence-electron chi connectivity index (χ0n) is 20.9. The number of rotatable bonds is 6. The van der Waals surface area contributed by atoms with Gasteiger partial charge in [0.25, 0.3) is 0 Å². The maximum atomic E-state index is 11.6. The molecule has 0 aliphatic rings. The summed E-state index contributed by atoms with van der Waals surface area (Å²) in [6.45, 7) is 10.7. The van der Waals surface area contributed by atoms with E-state index in [1.165, 1.54) is 0 Å². The topological polar surface area (TPSA) is 50.9 Å². The lowest BCUT2D eigenvalue weighted by molar-refractivity contribution is 0.444. The first-order valence-corrected chi connectivity index (χ1v) is 11.7. The third kappa shape index (κ3) is 4.50. The molecule has 0 amide bonds. The van der Waals surface area contributed by atoms with E-state index in [0.29, 0.717) is 5.69 Å². The lowest BCUT2D eigenvalue weighted by atomic mass is 9.72. The Balaban J connectivity index is 1.98. The molecule has 4 nitrogen and oxygen atoms in total. The summed E-state index contributed by atoms with van der Waals surface area (Å²) in [4.78, 5) is 1.54. The van der Waals surface area contributed by atoms with Gasteiger partial charge in [0.2, 0.25) is 0 Å². The third-order valence-electron chi connectivity index (χ3n) is 7.01. The molecule has 0 atom stereocenters. The number of fused-ring (bicyclic) bond motifs is 1. The molecule has 0 saturated heterocycles. The van der Waals surface area contributed by atoms with Gasteiger partial charge in [-0.1, -0.05) is 99.9 Å². The first kappa shape index (κ1) is 24.0. The first-order chi connectivity index (χ1) is 16.7. The zero-order chi connectivity index (χ0) is 25.2. The second kappa shape index (κ2) is 9.27. The molecular formula is C31H31N3O. The van der Waals surface area contributed by atoms with Crippen LogP contribution in [0.4, 0.5) is 0 Å². The highest BCUT2D eigenvalue weighted by Crippen LogP contribution is 2.43. The van der Waals surface area contributed by atoms with Crippen LogP contribution in [0.2, 0.25) is 0 Å². The maximum Gasteiger partial charge on any atom is 0.147 e. The SMILES string of the molecule is C#C/C=C\C=C(/C)C(C)(C)c1cc(-n2nc3ccccc3n2)c(O)c(C(C)(C)c2ccccc2)c1. The molecule has 0 aliphatic carbocycles. The van der Waals surface area contributed by atoms with E-state index >= 15 is 0 Å². The predicted octanol–water partition coefficient (Wildman–Crippen LogP) is 6.87. The fourth-order valence-corrected chi connectivity index (χ4v) is 4.27. The predicted molar refractivity (Wildman–Crippen MR) is 144 cm³/mol. The molecule has 4 heteroatoms. The van der Waals surface area contributed by atoms with E-state index in [2.05, 4.69) is 68.9 Å². The van der Waals surface area contributed by atoms with Gasteiger partial charge in [-0.3, -0.25) is 0 Å². The Morgan fingerprint density at radius 2 is 1.51 bits per heavy atom. The Hall–Kier alpha value is -4.10. The number of phenolic OH excluding ortho intramolecular Hbond substituents is 1. The van der Waals surface area contributed by atoms with Crippen LogP contribution in [-0.2, 0) is 10.8 Å². The van der Waals surface area contributed by atoms with Crippen molar-refractivity contribution >= 4 is 11.0 Å². The largest absolute Gasteiger partial charge is 0.505 e. The normalized spacial score (nSPS) is 12.9. The molecule has 0 saturated carbocycles. The molecule has 35 heavy (non-hydrogen) atoms. The van der Waals surface area contributed by atoms with Gasteiger partial charge in [0.1, 0.15) is 22.5 Å². The number of hydrogen-bond donors (Lipinski definition) is 1. The number of terminal acetylenes is 1. The van der Waals surface area contributed by atoms with Crippen molar-refractivity contribution in [2.45, 2.75) is 45.4 Å². The average Bonchev–Trinajstić information content (AvgIpc) is 3.28. The number of hydrogen-bond acceptors (Lipinski definition) is 3. The standard InChI is InChI=1S/C31H31N3O/c1-7-8-10-15-22(2)30(3,4)24-20-25(31(5,6)23-16-11-9-12-17-23)29(35)28(21-24)34-32-26-18-13-14-19-27(26)33-34/h1,8-21,35H,2-6H3/b10-8-,22-15+. The maximum absolute atomic E-state index is 11.6. The highest BCUT2D eigenvalue weighted by atomic mass is 16.3. The summed E-state index contributed by atoms with van der Waals surface area (Å²) in [7, 11) is 0. The van der Waals surface area contributed by atoms with Crippen molar-refractivity contribution in [1.82, 2.24) is 15.0 Å². The van der Waals surface area contributed by atoms with Gasteiger partial charge in [0.05, 0.1) is 0 Å². The lowest BCUT2D eigenvalue weighted by Crippen LogP contribution is -2.24. The molecule has 4 rings (SSSR count). The number of benzene rings is 3. The quantitative estimate of drug-likeness (QED) is 0.252. The monoisotopic (exact) mass is 461 g/mol. The van der Waals surface area contributed by atoms with Crippen LogP contribution in [0.3, 0.4) is 0 Å². The Morgan fingerprint density at radius 3 is 2.11 bits per heavy atom. The lowest BCUT2D eigenvalue weighted by Gasteiger charge is -2.32. The van der Waals surface area contributed by atoms with Gasteiger partial charge in [-0.25, -0.2) is 0 Å².